The van der Waals surface area contributed by atoms with Gasteiger partial charge in [0.15, 0.2) is 23.3 Å². The number of ether oxygens (including phenoxy) is 1. The SMILES string of the molecule is COCCNCC(C)NCc1c(F)c(F)c(F)c(F)c1F. The number of hydrogen-bond donors (Lipinski definition) is 2. The molecule has 0 aliphatic rings. The van der Waals surface area contributed by atoms with Crippen LogP contribution in [-0.2, 0) is 11.3 Å². The minimum Gasteiger partial charge on any atom is -0.383 e. The monoisotopic (exact) mass is 312 g/mol. The first kappa shape index (κ1) is 17.8. The zero-order valence-electron chi connectivity index (χ0n) is 11.7. The lowest BCUT2D eigenvalue weighted by Crippen LogP contribution is -2.37. The van der Waals surface area contributed by atoms with E-state index in [4.69, 9.17) is 4.74 Å². The molecule has 21 heavy (non-hydrogen) atoms. The van der Waals surface area contributed by atoms with E-state index in [9.17, 15) is 22.0 Å². The molecular formula is C13H17F5N2O. The van der Waals surface area contributed by atoms with Crippen molar-refractivity contribution in [2.45, 2.75) is 19.5 Å². The van der Waals surface area contributed by atoms with E-state index in [0.717, 1.165) is 0 Å². The molecule has 0 saturated heterocycles. The molecule has 2 N–H and O–H groups in total. The zero-order chi connectivity index (χ0) is 16.0. The predicted molar refractivity (Wildman–Crippen MR) is 67.3 cm³/mol. The van der Waals surface area contributed by atoms with E-state index >= 15 is 0 Å². The van der Waals surface area contributed by atoms with E-state index in [-0.39, 0.29) is 6.04 Å². The highest BCUT2D eigenvalue weighted by Gasteiger charge is 2.25. The van der Waals surface area contributed by atoms with Gasteiger partial charge in [-0.1, -0.05) is 0 Å². The van der Waals surface area contributed by atoms with Crippen molar-refractivity contribution in [1.82, 2.24) is 10.6 Å². The Hall–Kier alpha value is -1.25. The van der Waals surface area contributed by atoms with Crippen LogP contribution in [-0.4, -0.2) is 32.8 Å². The molecule has 0 heterocycles. The van der Waals surface area contributed by atoms with Crippen LogP contribution in [0.1, 0.15) is 12.5 Å². The fraction of sp³-hybridized carbons (Fsp3) is 0.538. The molecule has 8 heteroatoms. The van der Waals surface area contributed by atoms with Gasteiger partial charge in [0.25, 0.3) is 0 Å². The Balaban J connectivity index is 2.63. The van der Waals surface area contributed by atoms with Gasteiger partial charge in [-0.15, -0.1) is 0 Å². The van der Waals surface area contributed by atoms with Crippen molar-refractivity contribution in [2.24, 2.45) is 0 Å². The van der Waals surface area contributed by atoms with Crippen LogP contribution < -0.4 is 10.6 Å². The van der Waals surface area contributed by atoms with Crippen molar-refractivity contribution in [1.29, 1.82) is 0 Å². The van der Waals surface area contributed by atoms with Gasteiger partial charge in [0.2, 0.25) is 5.82 Å². The number of nitrogens with one attached hydrogen (secondary N) is 2. The van der Waals surface area contributed by atoms with E-state index in [2.05, 4.69) is 10.6 Å². The third-order valence-electron chi connectivity index (χ3n) is 2.86. The van der Waals surface area contributed by atoms with Crippen LogP contribution in [0.3, 0.4) is 0 Å². The van der Waals surface area contributed by atoms with Gasteiger partial charge in [-0.25, -0.2) is 22.0 Å². The summed E-state index contributed by atoms with van der Waals surface area (Å²) >= 11 is 0. The van der Waals surface area contributed by atoms with Gasteiger partial charge in [-0.3, -0.25) is 0 Å². The molecule has 0 aromatic heterocycles. The van der Waals surface area contributed by atoms with Gasteiger partial charge in [-0.05, 0) is 6.92 Å². The van der Waals surface area contributed by atoms with Crippen molar-refractivity contribution < 1.29 is 26.7 Å². The molecule has 120 valence electrons. The quantitative estimate of drug-likeness (QED) is 0.334. The molecule has 1 unspecified atom stereocenters. The molecule has 0 radical (unpaired) electrons. The van der Waals surface area contributed by atoms with Gasteiger partial charge < -0.3 is 15.4 Å². The van der Waals surface area contributed by atoms with Crippen LogP contribution in [0.25, 0.3) is 0 Å². The molecule has 1 atom stereocenters. The largest absolute Gasteiger partial charge is 0.383 e. The third kappa shape index (κ3) is 4.62. The summed E-state index contributed by atoms with van der Waals surface area (Å²) in [6.45, 7) is 2.80. The second-order valence-corrected chi connectivity index (χ2v) is 4.53. The zero-order valence-corrected chi connectivity index (χ0v) is 11.7. The topological polar surface area (TPSA) is 33.3 Å². The Morgan fingerprint density at radius 2 is 1.48 bits per heavy atom. The van der Waals surface area contributed by atoms with Crippen LogP contribution in [0.2, 0.25) is 0 Å². The number of hydrogen-bond acceptors (Lipinski definition) is 3. The lowest BCUT2D eigenvalue weighted by Gasteiger charge is -2.16. The van der Waals surface area contributed by atoms with Crippen molar-refractivity contribution in [2.75, 3.05) is 26.8 Å². The fourth-order valence-corrected chi connectivity index (χ4v) is 1.65. The molecule has 0 aliphatic heterocycles. The highest BCUT2D eigenvalue weighted by Crippen LogP contribution is 2.22. The molecule has 3 nitrogen and oxygen atoms in total. The Kier molecular flexibility index (Phi) is 7.00. The molecule has 1 aromatic carbocycles. The molecular weight excluding hydrogens is 295 g/mol. The van der Waals surface area contributed by atoms with Gasteiger partial charge in [0.05, 0.1) is 6.61 Å². The van der Waals surface area contributed by atoms with Crippen LogP contribution >= 0.6 is 0 Å². The minimum absolute atomic E-state index is 0.225. The van der Waals surface area contributed by atoms with Gasteiger partial charge >= 0.3 is 0 Å². The van der Waals surface area contributed by atoms with Crippen LogP contribution in [0.4, 0.5) is 22.0 Å². The maximum absolute atomic E-state index is 13.4. The molecule has 1 rings (SSSR count). The fourth-order valence-electron chi connectivity index (χ4n) is 1.65. The lowest BCUT2D eigenvalue weighted by atomic mass is 10.1. The van der Waals surface area contributed by atoms with E-state index in [1.54, 1.807) is 14.0 Å². The van der Waals surface area contributed by atoms with Crippen molar-refractivity contribution in [3.8, 4) is 0 Å². The van der Waals surface area contributed by atoms with Crippen molar-refractivity contribution in [3.05, 3.63) is 34.6 Å². The smallest absolute Gasteiger partial charge is 0.200 e. The summed E-state index contributed by atoms with van der Waals surface area (Å²) < 4.78 is 70.5. The maximum atomic E-state index is 13.4. The van der Waals surface area contributed by atoms with Crippen molar-refractivity contribution in [3.63, 3.8) is 0 Å². The Morgan fingerprint density at radius 3 is 2.00 bits per heavy atom. The summed E-state index contributed by atoms with van der Waals surface area (Å²) in [6.07, 6.45) is 0. The summed E-state index contributed by atoms with van der Waals surface area (Å²) in [7, 11) is 1.55. The summed E-state index contributed by atoms with van der Waals surface area (Å²) in [5.41, 5.74) is -0.866. The Bertz CT molecular complexity index is 455. The van der Waals surface area contributed by atoms with E-state index in [0.29, 0.717) is 19.7 Å². The van der Waals surface area contributed by atoms with Crippen molar-refractivity contribution >= 4 is 0 Å². The number of rotatable bonds is 8. The normalized spacial score (nSPS) is 12.7. The van der Waals surface area contributed by atoms with Crippen LogP contribution in [0.15, 0.2) is 0 Å². The molecule has 0 spiro atoms. The van der Waals surface area contributed by atoms with E-state index in [1.807, 2.05) is 0 Å². The van der Waals surface area contributed by atoms with Gasteiger partial charge in [0, 0.05) is 38.3 Å². The third-order valence-corrected chi connectivity index (χ3v) is 2.86. The predicted octanol–water partition coefficient (Wildman–Crippen LogP) is 2.10. The van der Waals surface area contributed by atoms with Gasteiger partial charge in [-0.2, -0.15) is 0 Å². The second kappa shape index (κ2) is 8.26. The number of halogens is 5. The molecule has 0 aliphatic carbocycles. The van der Waals surface area contributed by atoms with Crippen LogP contribution in [0.5, 0.6) is 0 Å². The Labute approximate surface area is 119 Å². The molecule has 0 fully saturated rings. The molecule has 1 aromatic rings. The summed E-state index contributed by atoms with van der Waals surface area (Å²) in [4.78, 5) is 0. The summed E-state index contributed by atoms with van der Waals surface area (Å²) in [5.74, 6) is -9.63. The molecule has 0 saturated carbocycles. The standard InChI is InChI=1S/C13H17F5N2O/c1-7(5-19-3-4-21-2)20-6-8-9(14)11(16)13(18)12(17)10(8)15/h7,19-20H,3-6H2,1-2H3. The number of benzene rings is 1. The van der Waals surface area contributed by atoms with Gasteiger partial charge in [0.1, 0.15) is 0 Å². The summed E-state index contributed by atoms with van der Waals surface area (Å²) in [5, 5.41) is 5.69. The highest BCUT2D eigenvalue weighted by molar-refractivity contribution is 5.24. The average Bonchev–Trinajstić information content (AvgIpc) is 2.47. The first-order valence-electron chi connectivity index (χ1n) is 6.33. The Morgan fingerprint density at radius 1 is 0.952 bits per heavy atom. The lowest BCUT2D eigenvalue weighted by molar-refractivity contribution is 0.198. The summed E-state index contributed by atoms with van der Waals surface area (Å²) in [6, 6.07) is -0.225. The average molecular weight is 312 g/mol. The minimum atomic E-state index is -2.15. The highest BCUT2D eigenvalue weighted by atomic mass is 19.2. The molecule has 0 amide bonds. The maximum Gasteiger partial charge on any atom is 0.200 e. The first-order chi connectivity index (χ1) is 9.90. The first-order valence-corrected chi connectivity index (χ1v) is 6.33. The van der Waals surface area contributed by atoms with E-state index < -0.39 is 41.2 Å². The van der Waals surface area contributed by atoms with Crippen LogP contribution in [0, 0.1) is 29.1 Å². The molecule has 0 bridgehead atoms. The number of methoxy groups -OCH3 is 1. The van der Waals surface area contributed by atoms with E-state index in [1.165, 1.54) is 0 Å². The second-order valence-electron chi connectivity index (χ2n) is 4.53.